The highest BCUT2D eigenvalue weighted by molar-refractivity contribution is 5.76. The van der Waals surface area contributed by atoms with Crippen LogP contribution in [0, 0.1) is 11.7 Å². The largest absolute Gasteiger partial charge is 0.368 e. The maximum Gasteiger partial charge on any atom is 0.209 e. The lowest BCUT2D eigenvalue weighted by Crippen LogP contribution is -2.51. The molecular formula is C21H27FN8. The van der Waals surface area contributed by atoms with Crippen LogP contribution in [0.1, 0.15) is 32.0 Å². The molecule has 158 valence electrons. The summed E-state index contributed by atoms with van der Waals surface area (Å²) in [5, 5.41) is 22.3. The molecule has 9 heteroatoms. The molecule has 3 heterocycles. The zero-order valence-corrected chi connectivity index (χ0v) is 17.6. The lowest BCUT2D eigenvalue weighted by molar-refractivity contribution is 0.178. The summed E-state index contributed by atoms with van der Waals surface area (Å²) in [7, 11) is 0. The van der Waals surface area contributed by atoms with E-state index in [0.717, 1.165) is 49.5 Å². The Morgan fingerprint density at radius 2 is 2.10 bits per heavy atom. The molecule has 0 amide bonds. The molecule has 2 aromatic heterocycles. The summed E-state index contributed by atoms with van der Waals surface area (Å²) in [4.78, 5) is 4.61. The number of aromatic nitrogens is 6. The maximum atomic E-state index is 15.2. The van der Waals surface area contributed by atoms with Crippen molar-refractivity contribution in [1.29, 1.82) is 0 Å². The van der Waals surface area contributed by atoms with Gasteiger partial charge in [-0.3, -0.25) is 4.90 Å². The molecule has 0 spiro atoms. The number of anilines is 1. The average Bonchev–Trinajstić information content (AvgIpc) is 3.23. The summed E-state index contributed by atoms with van der Waals surface area (Å²) < 4.78 is 15.2. The monoisotopic (exact) mass is 410 g/mol. The maximum absolute atomic E-state index is 15.2. The van der Waals surface area contributed by atoms with Gasteiger partial charge in [-0.1, -0.05) is 13.8 Å². The van der Waals surface area contributed by atoms with Crippen molar-refractivity contribution in [3.63, 3.8) is 0 Å². The Labute approximate surface area is 175 Å². The van der Waals surface area contributed by atoms with E-state index in [1.807, 2.05) is 12.1 Å². The number of benzene rings is 1. The molecular weight excluding hydrogens is 383 g/mol. The molecule has 1 saturated heterocycles. The molecule has 0 aliphatic carbocycles. The third-order valence-electron chi connectivity index (χ3n) is 5.44. The van der Waals surface area contributed by atoms with Gasteiger partial charge in [-0.05, 0) is 54.3 Å². The highest BCUT2D eigenvalue weighted by Crippen LogP contribution is 2.34. The Balaban J connectivity index is 1.60. The fraction of sp³-hybridized carbons (Fsp3) is 0.476. The standard InChI is InChI=1S/C21H27FN8/c1-14(2)9-16-10-18(22)20(21-25-27-28-26-21)19(11-16)30-8-7-29(15(3)12-30)13-17-5-4-6-23-24-17/h4-6,10-11,14-15H,7-9,12-13H2,1-3H3,(H,25,26,27,28). The zero-order valence-electron chi connectivity index (χ0n) is 17.6. The summed E-state index contributed by atoms with van der Waals surface area (Å²) >= 11 is 0. The molecule has 4 rings (SSSR count). The number of rotatable bonds is 6. The summed E-state index contributed by atoms with van der Waals surface area (Å²) in [6.45, 7) is 9.61. The SMILES string of the molecule is CC(C)Cc1cc(F)c(-c2nn[nH]n2)c(N2CCN(Cc3cccnn3)C(C)C2)c1. The van der Waals surface area contributed by atoms with Crippen molar-refractivity contribution >= 4 is 5.69 Å². The van der Waals surface area contributed by atoms with Crippen molar-refractivity contribution in [3.8, 4) is 11.4 Å². The molecule has 1 unspecified atom stereocenters. The fourth-order valence-electron chi connectivity index (χ4n) is 4.05. The number of H-pyrrole nitrogens is 1. The smallest absolute Gasteiger partial charge is 0.209 e. The molecule has 1 N–H and O–H groups in total. The van der Waals surface area contributed by atoms with Crippen LogP contribution in [0.2, 0.25) is 0 Å². The number of piperazine rings is 1. The second-order valence-electron chi connectivity index (χ2n) is 8.29. The molecule has 1 aromatic carbocycles. The van der Waals surface area contributed by atoms with E-state index in [1.165, 1.54) is 0 Å². The third kappa shape index (κ3) is 4.46. The van der Waals surface area contributed by atoms with Crippen molar-refractivity contribution in [2.75, 3.05) is 24.5 Å². The van der Waals surface area contributed by atoms with E-state index in [-0.39, 0.29) is 17.7 Å². The van der Waals surface area contributed by atoms with Crippen molar-refractivity contribution in [1.82, 2.24) is 35.7 Å². The highest BCUT2D eigenvalue weighted by atomic mass is 19.1. The summed E-state index contributed by atoms with van der Waals surface area (Å²) in [6.07, 6.45) is 2.50. The molecule has 1 fully saturated rings. The van der Waals surface area contributed by atoms with Gasteiger partial charge in [0.2, 0.25) is 5.82 Å². The van der Waals surface area contributed by atoms with E-state index in [9.17, 15) is 0 Å². The van der Waals surface area contributed by atoms with Crippen molar-refractivity contribution in [3.05, 3.63) is 47.5 Å². The van der Waals surface area contributed by atoms with Gasteiger partial charge in [0.25, 0.3) is 0 Å². The van der Waals surface area contributed by atoms with Crippen LogP contribution in [0.15, 0.2) is 30.5 Å². The molecule has 0 radical (unpaired) electrons. The minimum atomic E-state index is -0.306. The van der Waals surface area contributed by atoms with Crippen LogP contribution in [-0.4, -0.2) is 61.4 Å². The van der Waals surface area contributed by atoms with E-state index < -0.39 is 0 Å². The van der Waals surface area contributed by atoms with Gasteiger partial charge in [0.1, 0.15) is 5.82 Å². The van der Waals surface area contributed by atoms with Gasteiger partial charge in [0.15, 0.2) is 0 Å². The van der Waals surface area contributed by atoms with E-state index in [0.29, 0.717) is 11.5 Å². The topological polar surface area (TPSA) is 86.7 Å². The minimum Gasteiger partial charge on any atom is -0.368 e. The number of hydrogen-bond donors (Lipinski definition) is 1. The van der Waals surface area contributed by atoms with Crippen LogP contribution in [0.5, 0.6) is 0 Å². The predicted molar refractivity (Wildman–Crippen MR) is 112 cm³/mol. The molecule has 1 atom stereocenters. The Morgan fingerprint density at radius 1 is 1.23 bits per heavy atom. The molecule has 8 nitrogen and oxygen atoms in total. The van der Waals surface area contributed by atoms with Crippen LogP contribution in [0.25, 0.3) is 11.4 Å². The first-order valence-electron chi connectivity index (χ1n) is 10.3. The zero-order chi connectivity index (χ0) is 21.1. The predicted octanol–water partition coefficient (Wildman–Crippen LogP) is 2.71. The number of nitrogens with zero attached hydrogens (tertiary/aromatic N) is 7. The molecule has 30 heavy (non-hydrogen) atoms. The molecule has 1 aliphatic rings. The van der Waals surface area contributed by atoms with Crippen LogP contribution in [0.3, 0.4) is 0 Å². The van der Waals surface area contributed by atoms with Crippen molar-refractivity contribution < 1.29 is 4.39 Å². The van der Waals surface area contributed by atoms with E-state index >= 15 is 4.39 Å². The first kappa shape index (κ1) is 20.3. The second kappa shape index (κ2) is 8.83. The van der Waals surface area contributed by atoms with Gasteiger partial charge in [-0.2, -0.15) is 15.4 Å². The fourth-order valence-corrected chi connectivity index (χ4v) is 4.05. The van der Waals surface area contributed by atoms with Crippen molar-refractivity contribution in [2.24, 2.45) is 5.92 Å². The molecule has 0 saturated carbocycles. The Morgan fingerprint density at radius 3 is 2.77 bits per heavy atom. The summed E-state index contributed by atoms with van der Waals surface area (Å²) in [5.41, 5.74) is 3.18. The van der Waals surface area contributed by atoms with Gasteiger partial charge >= 0.3 is 0 Å². The highest BCUT2D eigenvalue weighted by Gasteiger charge is 2.28. The van der Waals surface area contributed by atoms with Crippen LogP contribution >= 0.6 is 0 Å². The lowest BCUT2D eigenvalue weighted by Gasteiger charge is -2.41. The number of tetrazole rings is 1. The van der Waals surface area contributed by atoms with E-state index in [1.54, 1.807) is 12.3 Å². The van der Waals surface area contributed by atoms with E-state index in [4.69, 9.17) is 0 Å². The van der Waals surface area contributed by atoms with E-state index in [2.05, 4.69) is 67.5 Å². The first-order valence-corrected chi connectivity index (χ1v) is 10.3. The quantitative estimate of drug-likeness (QED) is 0.669. The number of aromatic amines is 1. The molecule has 3 aromatic rings. The van der Waals surface area contributed by atoms with Gasteiger partial charge in [0.05, 0.1) is 16.9 Å². The average molecular weight is 411 g/mol. The van der Waals surface area contributed by atoms with Gasteiger partial charge < -0.3 is 4.90 Å². The lowest BCUT2D eigenvalue weighted by atomic mass is 9.98. The normalized spacial score (nSPS) is 17.6. The van der Waals surface area contributed by atoms with Crippen molar-refractivity contribution in [2.45, 2.75) is 39.8 Å². The summed E-state index contributed by atoms with van der Waals surface area (Å²) in [5.74, 6) is 0.420. The second-order valence-corrected chi connectivity index (χ2v) is 8.29. The van der Waals surface area contributed by atoms with Gasteiger partial charge in [-0.15, -0.1) is 10.2 Å². The van der Waals surface area contributed by atoms with Crippen LogP contribution in [-0.2, 0) is 13.0 Å². The number of halogens is 1. The minimum absolute atomic E-state index is 0.274. The Hall–Kier alpha value is -2.94. The number of hydrogen-bond acceptors (Lipinski definition) is 7. The Kier molecular flexibility index (Phi) is 5.98. The molecule has 0 bridgehead atoms. The van der Waals surface area contributed by atoms with Gasteiger partial charge in [0, 0.05) is 38.4 Å². The summed E-state index contributed by atoms with van der Waals surface area (Å²) in [6, 6.07) is 7.85. The first-order chi connectivity index (χ1) is 14.5. The number of nitrogens with one attached hydrogen (secondary N) is 1. The third-order valence-corrected chi connectivity index (χ3v) is 5.44. The van der Waals surface area contributed by atoms with Crippen LogP contribution < -0.4 is 4.90 Å². The van der Waals surface area contributed by atoms with Crippen LogP contribution in [0.4, 0.5) is 10.1 Å². The molecule has 1 aliphatic heterocycles. The Bertz CT molecular complexity index is 961. The van der Waals surface area contributed by atoms with Gasteiger partial charge in [-0.25, -0.2) is 4.39 Å².